The fourth-order valence-electron chi connectivity index (χ4n) is 5.94. The van der Waals surface area contributed by atoms with Gasteiger partial charge in [-0.1, -0.05) is 157 Å². The molecule has 0 aliphatic rings. The molecule has 0 aliphatic carbocycles. The summed E-state index contributed by atoms with van der Waals surface area (Å²) in [7, 11) is -0.740. The summed E-state index contributed by atoms with van der Waals surface area (Å²) in [6.07, 6.45) is 52.3. The molecule has 0 saturated heterocycles. The van der Waals surface area contributed by atoms with E-state index in [2.05, 4.69) is 86.8 Å². The largest absolute Gasteiger partial charge is 0.472 e. The second kappa shape index (κ2) is 43.5. The van der Waals surface area contributed by atoms with Gasteiger partial charge >= 0.3 is 19.8 Å². The minimum atomic E-state index is -4.38. The van der Waals surface area contributed by atoms with Gasteiger partial charge in [0.2, 0.25) is 0 Å². The number of carbonyl (C=O) groups is 2. The molecule has 10 heteroatoms. The van der Waals surface area contributed by atoms with Crippen LogP contribution in [0.25, 0.3) is 0 Å². The Morgan fingerprint density at radius 3 is 1.47 bits per heavy atom. The molecule has 0 aromatic carbocycles. The summed E-state index contributed by atoms with van der Waals surface area (Å²) in [5, 5.41) is 0. The Hall–Kier alpha value is -2.55. The van der Waals surface area contributed by atoms with Gasteiger partial charge in [-0.05, 0) is 97.6 Å². The molecule has 0 radical (unpaired) electrons. The van der Waals surface area contributed by atoms with Gasteiger partial charge in [0.05, 0.1) is 13.2 Å². The summed E-state index contributed by atoms with van der Waals surface area (Å²) in [4.78, 5) is 37.1. The zero-order valence-corrected chi connectivity index (χ0v) is 38.8. The summed E-state index contributed by atoms with van der Waals surface area (Å²) in [6.45, 7) is 4.16. The summed E-state index contributed by atoms with van der Waals surface area (Å²) < 4.78 is 33.5. The number of hydrogen-bond donors (Lipinski definition) is 1. The van der Waals surface area contributed by atoms with Crippen molar-refractivity contribution in [2.45, 2.75) is 187 Å². The third-order valence-electron chi connectivity index (χ3n) is 9.50. The molecular formula is C49H86NO8P. The van der Waals surface area contributed by atoms with Crippen LogP contribution in [0.3, 0.4) is 0 Å². The molecule has 0 rings (SSSR count). The Labute approximate surface area is 361 Å². The second-order valence-corrected chi connectivity index (χ2v) is 17.0. The molecule has 0 bridgehead atoms. The van der Waals surface area contributed by atoms with Crippen LogP contribution in [-0.4, -0.2) is 68.3 Å². The van der Waals surface area contributed by atoms with E-state index < -0.39 is 26.5 Å². The van der Waals surface area contributed by atoms with Crippen LogP contribution >= 0.6 is 7.82 Å². The number of likely N-dealkylation sites (N-methyl/N-ethyl adjacent to an activating group) is 1. The number of unbranched alkanes of at least 4 members (excludes halogenated alkanes) is 16. The Morgan fingerprint density at radius 1 is 0.542 bits per heavy atom. The zero-order valence-electron chi connectivity index (χ0n) is 37.9. The van der Waals surface area contributed by atoms with Crippen molar-refractivity contribution in [2.24, 2.45) is 0 Å². The molecule has 2 atom stereocenters. The quantitative estimate of drug-likeness (QED) is 0.0278. The Bertz CT molecular complexity index is 1210. The smallest absolute Gasteiger partial charge is 0.462 e. The minimum Gasteiger partial charge on any atom is -0.462 e. The maximum atomic E-state index is 12.7. The molecular weight excluding hydrogens is 762 g/mol. The van der Waals surface area contributed by atoms with Crippen LogP contribution in [-0.2, 0) is 32.7 Å². The van der Waals surface area contributed by atoms with Crippen LogP contribution in [0.4, 0.5) is 0 Å². The number of phosphoric acid groups is 1. The average molecular weight is 848 g/mol. The van der Waals surface area contributed by atoms with Crippen molar-refractivity contribution >= 4 is 19.8 Å². The van der Waals surface area contributed by atoms with Gasteiger partial charge in [-0.15, -0.1) is 0 Å². The summed E-state index contributed by atoms with van der Waals surface area (Å²) in [5.41, 5.74) is 0. The topological polar surface area (TPSA) is 112 Å². The van der Waals surface area contributed by atoms with E-state index in [9.17, 15) is 19.0 Å². The summed E-state index contributed by atoms with van der Waals surface area (Å²) >= 11 is 0. The number of ether oxygens (including phenoxy) is 2. The van der Waals surface area contributed by atoms with Crippen molar-refractivity contribution in [3.63, 3.8) is 0 Å². The number of hydrogen-bond acceptors (Lipinski definition) is 8. The van der Waals surface area contributed by atoms with Crippen LogP contribution in [0.1, 0.15) is 181 Å². The lowest BCUT2D eigenvalue weighted by Gasteiger charge is -2.20. The van der Waals surface area contributed by atoms with Crippen molar-refractivity contribution in [3.8, 4) is 0 Å². The van der Waals surface area contributed by atoms with E-state index in [1.54, 1.807) is 0 Å². The Balaban J connectivity index is 4.34. The van der Waals surface area contributed by atoms with E-state index in [1.807, 2.05) is 19.0 Å². The SMILES string of the molecule is CC/C=C\C/C=C\C/C=C\C/C=C\C/C=C\CCCCCC(=O)OC(COC(=O)CCCCCCCCC/C=C\CCCCCCCC)COP(=O)(O)OCCN(C)C. The van der Waals surface area contributed by atoms with Gasteiger partial charge in [0.1, 0.15) is 6.61 Å². The fraction of sp³-hybridized carbons (Fsp3) is 0.714. The third kappa shape index (κ3) is 44.8. The fourth-order valence-corrected chi connectivity index (χ4v) is 6.68. The second-order valence-electron chi connectivity index (χ2n) is 15.5. The molecule has 0 fully saturated rings. The van der Waals surface area contributed by atoms with Gasteiger partial charge < -0.3 is 19.3 Å². The van der Waals surface area contributed by atoms with Gasteiger partial charge in [-0.25, -0.2) is 4.57 Å². The molecule has 2 unspecified atom stereocenters. The first-order chi connectivity index (χ1) is 28.7. The molecule has 9 nitrogen and oxygen atoms in total. The first-order valence-electron chi connectivity index (χ1n) is 23.2. The number of carbonyl (C=O) groups excluding carboxylic acids is 2. The van der Waals surface area contributed by atoms with Gasteiger partial charge in [-0.2, -0.15) is 0 Å². The lowest BCUT2D eigenvalue weighted by atomic mass is 10.1. The van der Waals surface area contributed by atoms with Crippen LogP contribution in [0, 0.1) is 0 Å². The molecule has 0 heterocycles. The summed E-state index contributed by atoms with van der Waals surface area (Å²) in [6, 6.07) is 0. The standard InChI is InChI=1S/C49H86NO8P/c1-5-7-9-11-13-15-17-19-21-23-24-26-28-30-32-34-36-38-40-42-49(52)58-47(46-57-59(53,54)56-44-43-50(3)4)45-55-48(51)41-39-37-35-33-31-29-27-25-22-20-18-16-14-12-10-8-6-2/h7,9,13,15,19-22,24,26,30,32,47H,5-6,8,10-12,14,16-18,23,25,27-29,31,33-46H2,1-4H3,(H,53,54)/b9-7-,15-13-,21-19-,22-20-,26-24-,32-30-. The van der Waals surface area contributed by atoms with Gasteiger partial charge in [-0.3, -0.25) is 18.6 Å². The van der Waals surface area contributed by atoms with E-state index in [0.717, 1.165) is 83.5 Å². The summed E-state index contributed by atoms with van der Waals surface area (Å²) in [5.74, 6) is -0.849. The number of nitrogens with zero attached hydrogens (tertiary/aromatic N) is 1. The molecule has 1 N–H and O–H groups in total. The highest BCUT2D eigenvalue weighted by Gasteiger charge is 2.26. The highest BCUT2D eigenvalue weighted by molar-refractivity contribution is 7.47. The number of allylic oxidation sites excluding steroid dienone is 12. The van der Waals surface area contributed by atoms with Crippen LogP contribution < -0.4 is 0 Å². The predicted octanol–water partition coefficient (Wildman–Crippen LogP) is 13.7. The third-order valence-corrected chi connectivity index (χ3v) is 10.5. The molecule has 0 spiro atoms. The lowest BCUT2D eigenvalue weighted by molar-refractivity contribution is -0.161. The first-order valence-corrected chi connectivity index (χ1v) is 24.7. The molecule has 0 saturated carbocycles. The van der Waals surface area contributed by atoms with Crippen molar-refractivity contribution in [2.75, 3.05) is 40.5 Å². The molecule has 0 amide bonds. The highest BCUT2D eigenvalue weighted by atomic mass is 31.2. The van der Waals surface area contributed by atoms with Crippen molar-refractivity contribution in [3.05, 3.63) is 72.9 Å². The maximum absolute atomic E-state index is 12.7. The first kappa shape index (κ1) is 56.5. The van der Waals surface area contributed by atoms with E-state index in [1.165, 1.54) is 64.2 Å². The van der Waals surface area contributed by atoms with E-state index >= 15 is 0 Å². The average Bonchev–Trinajstić information content (AvgIpc) is 3.20. The van der Waals surface area contributed by atoms with Crippen LogP contribution in [0.5, 0.6) is 0 Å². The van der Waals surface area contributed by atoms with Crippen LogP contribution in [0.15, 0.2) is 72.9 Å². The van der Waals surface area contributed by atoms with Gasteiger partial charge in [0.15, 0.2) is 6.10 Å². The molecule has 59 heavy (non-hydrogen) atoms. The minimum absolute atomic E-state index is 0.00343. The highest BCUT2D eigenvalue weighted by Crippen LogP contribution is 2.43. The monoisotopic (exact) mass is 848 g/mol. The van der Waals surface area contributed by atoms with Gasteiger partial charge in [0, 0.05) is 19.4 Å². The number of phosphoric ester groups is 1. The van der Waals surface area contributed by atoms with Crippen LogP contribution in [0.2, 0.25) is 0 Å². The molecule has 0 aromatic rings. The van der Waals surface area contributed by atoms with Gasteiger partial charge in [0.25, 0.3) is 0 Å². The van der Waals surface area contributed by atoms with Crippen molar-refractivity contribution in [1.29, 1.82) is 0 Å². The normalized spacial score (nSPS) is 14.0. The Morgan fingerprint density at radius 2 is 0.966 bits per heavy atom. The molecule has 340 valence electrons. The predicted molar refractivity (Wildman–Crippen MR) is 247 cm³/mol. The number of rotatable bonds is 42. The Kier molecular flexibility index (Phi) is 41.7. The van der Waals surface area contributed by atoms with Crippen molar-refractivity contribution in [1.82, 2.24) is 4.90 Å². The maximum Gasteiger partial charge on any atom is 0.472 e. The van der Waals surface area contributed by atoms with Crippen molar-refractivity contribution < 1.29 is 37.6 Å². The van der Waals surface area contributed by atoms with E-state index in [0.29, 0.717) is 13.0 Å². The molecule has 0 aromatic heterocycles. The van der Waals surface area contributed by atoms with E-state index in [4.69, 9.17) is 18.5 Å². The zero-order chi connectivity index (χ0) is 43.3. The molecule has 0 aliphatic heterocycles. The van der Waals surface area contributed by atoms with E-state index in [-0.39, 0.29) is 32.0 Å². The number of esters is 2. The lowest BCUT2D eigenvalue weighted by Crippen LogP contribution is -2.29.